The maximum Gasteiger partial charge on any atom is 0.191 e. The van der Waals surface area contributed by atoms with Gasteiger partial charge in [0.15, 0.2) is 5.96 Å². The highest BCUT2D eigenvalue weighted by Gasteiger charge is 2.11. The maximum atomic E-state index is 4.65. The van der Waals surface area contributed by atoms with Crippen molar-refractivity contribution in [1.82, 2.24) is 10.6 Å². The van der Waals surface area contributed by atoms with Gasteiger partial charge in [-0.3, -0.25) is 4.99 Å². The number of guanidine groups is 1. The molecule has 1 aromatic rings. The summed E-state index contributed by atoms with van der Waals surface area (Å²) in [6.07, 6.45) is 7.69. The van der Waals surface area contributed by atoms with Crippen LogP contribution in [0.5, 0.6) is 0 Å². The van der Waals surface area contributed by atoms with Gasteiger partial charge in [0.05, 0.1) is 2.88 Å². The normalized spacial score (nSPS) is 15.2. The summed E-state index contributed by atoms with van der Waals surface area (Å²) >= 11 is 4.22. The topological polar surface area (TPSA) is 36.4 Å². The summed E-state index contributed by atoms with van der Waals surface area (Å²) < 4.78 is 1.35. The van der Waals surface area contributed by atoms with Crippen LogP contribution in [-0.2, 0) is 6.42 Å². The number of hydrogen-bond donors (Lipinski definition) is 2. The Bertz CT molecular complexity index is 449. The average Bonchev–Trinajstić information content (AvgIpc) is 3.01. The lowest BCUT2D eigenvalue weighted by atomic mass is 10.2. The molecule has 3 nitrogen and oxygen atoms in total. The molecule has 0 radical (unpaired) electrons. The van der Waals surface area contributed by atoms with Gasteiger partial charge in [-0.2, -0.15) is 0 Å². The third-order valence-corrected chi connectivity index (χ3v) is 4.90. The first kappa shape index (κ1) is 18.2. The van der Waals surface area contributed by atoms with Crippen molar-refractivity contribution in [3.8, 4) is 0 Å². The summed E-state index contributed by atoms with van der Waals surface area (Å²) in [6.45, 7) is 3.85. The average molecular weight is 517 g/mol. The number of aliphatic imine (C=N–C) groups is 1. The highest BCUT2D eigenvalue weighted by atomic mass is 127. The van der Waals surface area contributed by atoms with Crippen LogP contribution in [0.1, 0.15) is 24.6 Å². The molecule has 20 heavy (non-hydrogen) atoms. The van der Waals surface area contributed by atoms with Crippen LogP contribution in [0.4, 0.5) is 0 Å². The van der Waals surface area contributed by atoms with Crippen molar-refractivity contribution in [2.75, 3.05) is 13.1 Å². The fraction of sp³-hybridized carbons (Fsp3) is 0.500. The van der Waals surface area contributed by atoms with Crippen LogP contribution in [0.25, 0.3) is 0 Å². The number of halogens is 2. The first-order valence-electron chi connectivity index (χ1n) is 6.72. The molecule has 0 amide bonds. The Balaban J connectivity index is 0.00000200. The Hall–Kier alpha value is 0.170. The van der Waals surface area contributed by atoms with E-state index in [4.69, 9.17) is 0 Å². The molecule has 0 unspecified atom stereocenters. The molecule has 0 fully saturated rings. The molecule has 0 aromatic carbocycles. The molecule has 2 N–H and O–H groups in total. The van der Waals surface area contributed by atoms with Crippen LogP contribution in [-0.4, -0.2) is 25.1 Å². The van der Waals surface area contributed by atoms with E-state index in [1.165, 1.54) is 7.76 Å². The van der Waals surface area contributed by atoms with Crippen LogP contribution >= 0.6 is 57.9 Å². The zero-order valence-electron chi connectivity index (χ0n) is 11.6. The van der Waals surface area contributed by atoms with Gasteiger partial charge in [-0.1, -0.05) is 12.2 Å². The lowest BCUT2D eigenvalue weighted by molar-refractivity contribution is 0.633. The highest BCUT2D eigenvalue weighted by Crippen LogP contribution is 2.18. The molecular weight excluding hydrogens is 496 g/mol. The van der Waals surface area contributed by atoms with E-state index in [-0.39, 0.29) is 24.0 Å². The van der Waals surface area contributed by atoms with Crippen molar-refractivity contribution in [2.24, 2.45) is 4.99 Å². The van der Waals surface area contributed by atoms with Crippen LogP contribution in [0, 0.1) is 2.88 Å². The summed E-state index contributed by atoms with van der Waals surface area (Å²) in [5, 5.41) is 6.80. The second-order valence-electron chi connectivity index (χ2n) is 4.50. The van der Waals surface area contributed by atoms with Gasteiger partial charge in [0, 0.05) is 30.4 Å². The molecule has 0 spiro atoms. The molecule has 0 saturated heterocycles. The fourth-order valence-corrected chi connectivity index (χ4v) is 3.76. The van der Waals surface area contributed by atoms with Crippen molar-refractivity contribution in [3.05, 3.63) is 32.0 Å². The molecule has 112 valence electrons. The summed E-state index contributed by atoms with van der Waals surface area (Å²) in [5.74, 6) is 0.947. The van der Waals surface area contributed by atoms with Crippen molar-refractivity contribution < 1.29 is 0 Å². The fourth-order valence-electron chi connectivity index (χ4n) is 2.01. The van der Waals surface area contributed by atoms with Crippen LogP contribution in [0.3, 0.4) is 0 Å². The van der Waals surface area contributed by atoms with E-state index >= 15 is 0 Å². The number of thiophene rings is 1. The molecule has 6 heteroatoms. The Morgan fingerprint density at radius 2 is 2.15 bits per heavy atom. The molecule has 0 atom stereocenters. The van der Waals surface area contributed by atoms with Crippen LogP contribution in [0.15, 0.2) is 29.3 Å². The number of rotatable bonds is 5. The van der Waals surface area contributed by atoms with E-state index in [1.807, 2.05) is 11.3 Å². The summed E-state index contributed by atoms with van der Waals surface area (Å²) in [5.41, 5.74) is 0. The maximum absolute atomic E-state index is 4.65. The molecule has 1 aliphatic carbocycles. The minimum Gasteiger partial charge on any atom is -0.357 e. The Kier molecular flexibility index (Phi) is 9.10. The van der Waals surface area contributed by atoms with Crippen LogP contribution in [0.2, 0.25) is 0 Å². The lowest BCUT2D eigenvalue weighted by Gasteiger charge is -2.16. The predicted octanol–water partition coefficient (Wildman–Crippen LogP) is 3.79. The summed E-state index contributed by atoms with van der Waals surface area (Å²) in [4.78, 5) is 6.06. The molecule has 0 aliphatic heterocycles. The Morgan fingerprint density at radius 3 is 2.75 bits per heavy atom. The quantitative estimate of drug-likeness (QED) is 0.270. The molecule has 1 aliphatic rings. The Labute approximate surface area is 155 Å². The zero-order valence-corrected chi connectivity index (χ0v) is 16.9. The van der Waals surface area contributed by atoms with E-state index in [0.29, 0.717) is 6.04 Å². The standard InChI is InChI=1S/C14H20IN3S.HI/c1-2-16-14(18-11-5-3-4-6-11)17-10-9-12-7-8-13(15)19-12;/h3-4,7-8,11H,2,5-6,9-10H2,1H3,(H2,16,17,18);1H. The highest BCUT2D eigenvalue weighted by molar-refractivity contribution is 14.1. The van der Waals surface area contributed by atoms with Gasteiger partial charge in [-0.25, -0.2) is 0 Å². The number of nitrogens with zero attached hydrogens (tertiary/aromatic N) is 1. The van der Waals surface area contributed by atoms with E-state index in [1.54, 1.807) is 0 Å². The molecule has 0 bridgehead atoms. The van der Waals surface area contributed by atoms with Crippen molar-refractivity contribution in [2.45, 2.75) is 32.2 Å². The van der Waals surface area contributed by atoms with Crippen LogP contribution < -0.4 is 10.6 Å². The molecule has 1 aromatic heterocycles. The van der Waals surface area contributed by atoms with Gasteiger partial charge in [-0.05, 0) is 54.5 Å². The lowest BCUT2D eigenvalue weighted by Crippen LogP contribution is -2.42. The van der Waals surface area contributed by atoms with Crippen molar-refractivity contribution in [3.63, 3.8) is 0 Å². The smallest absolute Gasteiger partial charge is 0.191 e. The molecule has 0 saturated carbocycles. The minimum absolute atomic E-state index is 0. The van der Waals surface area contributed by atoms with Gasteiger partial charge in [0.1, 0.15) is 0 Å². The molecular formula is C14H21I2N3S. The first-order valence-corrected chi connectivity index (χ1v) is 8.61. The third kappa shape index (κ3) is 6.30. The minimum atomic E-state index is 0. The monoisotopic (exact) mass is 517 g/mol. The third-order valence-electron chi connectivity index (χ3n) is 2.95. The van der Waals surface area contributed by atoms with Gasteiger partial charge < -0.3 is 10.6 Å². The first-order chi connectivity index (χ1) is 9.28. The van der Waals surface area contributed by atoms with Gasteiger partial charge in [0.2, 0.25) is 0 Å². The largest absolute Gasteiger partial charge is 0.357 e. The molecule has 2 rings (SSSR count). The van der Waals surface area contributed by atoms with Gasteiger partial charge >= 0.3 is 0 Å². The molecule has 1 heterocycles. The zero-order chi connectivity index (χ0) is 13.5. The number of hydrogen-bond acceptors (Lipinski definition) is 2. The van der Waals surface area contributed by atoms with E-state index < -0.39 is 0 Å². The Morgan fingerprint density at radius 1 is 1.40 bits per heavy atom. The summed E-state index contributed by atoms with van der Waals surface area (Å²) in [7, 11) is 0. The SMILES string of the molecule is CCNC(=NCCc1ccc(I)s1)NC1CC=CC1.I. The number of nitrogens with one attached hydrogen (secondary N) is 2. The van der Waals surface area contributed by atoms with E-state index in [0.717, 1.165) is 38.3 Å². The van der Waals surface area contributed by atoms with Gasteiger partial charge in [0.25, 0.3) is 0 Å². The van der Waals surface area contributed by atoms with Gasteiger partial charge in [-0.15, -0.1) is 35.3 Å². The second-order valence-corrected chi connectivity index (χ2v) is 7.56. The van der Waals surface area contributed by atoms with Crippen molar-refractivity contribution in [1.29, 1.82) is 0 Å². The second kappa shape index (κ2) is 9.99. The van der Waals surface area contributed by atoms with E-state index in [9.17, 15) is 0 Å². The summed E-state index contributed by atoms with van der Waals surface area (Å²) in [6, 6.07) is 4.88. The van der Waals surface area contributed by atoms with E-state index in [2.05, 4.69) is 69.4 Å². The van der Waals surface area contributed by atoms with Crippen molar-refractivity contribution >= 4 is 63.9 Å². The predicted molar refractivity (Wildman–Crippen MR) is 107 cm³/mol.